The average molecular weight is 322 g/mol. The molecule has 3 N–H and O–H groups in total. The molecule has 5 heteroatoms. The van der Waals surface area contributed by atoms with Crippen LogP contribution in [0, 0.1) is 0 Å². The number of ether oxygens (including phenoxy) is 1. The van der Waals surface area contributed by atoms with E-state index >= 15 is 0 Å². The van der Waals surface area contributed by atoms with E-state index in [0.717, 1.165) is 0 Å². The lowest BCUT2D eigenvalue weighted by molar-refractivity contribution is 0.103. The molecule has 120 valence electrons. The van der Waals surface area contributed by atoms with E-state index in [1.54, 1.807) is 24.3 Å². The monoisotopic (exact) mass is 322 g/mol. The number of phenols is 3. The van der Waals surface area contributed by atoms with Crippen molar-refractivity contribution >= 4 is 5.78 Å². The lowest BCUT2D eigenvalue weighted by atomic mass is 10.0. The maximum atomic E-state index is 12.5. The molecule has 0 aliphatic heterocycles. The van der Waals surface area contributed by atoms with Crippen molar-refractivity contribution in [1.29, 1.82) is 0 Å². The fraction of sp³-hybridized carbons (Fsp3) is 0. The molecule has 0 aliphatic carbocycles. The first-order valence-electron chi connectivity index (χ1n) is 7.17. The molecule has 3 rings (SSSR count). The van der Waals surface area contributed by atoms with Gasteiger partial charge in [0.25, 0.3) is 0 Å². The number of carbonyl (C=O) groups excluding carboxylic acids is 1. The molecule has 0 saturated heterocycles. The summed E-state index contributed by atoms with van der Waals surface area (Å²) in [4.78, 5) is 12.5. The van der Waals surface area contributed by atoms with Crippen molar-refractivity contribution in [2.45, 2.75) is 0 Å². The molecule has 0 unspecified atom stereocenters. The van der Waals surface area contributed by atoms with Gasteiger partial charge in [0.05, 0.1) is 0 Å². The summed E-state index contributed by atoms with van der Waals surface area (Å²) >= 11 is 0. The minimum Gasteiger partial charge on any atom is -0.504 e. The summed E-state index contributed by atoms with van der Waals surface area (Å²) in [5, 5.41) is 28.7. The quantitative estimate of drug-likeness (QED) is 0.502. The molecule has 0 bridgehead atoms. The predicted molar refractivity (Wildman–Crippen MR) is 87.8 cm³/mol. The van der Waals surface area contributed by atoms with Gasteiger partial charge in [0.15, 0.2) is 28.8 Å². The molecule has 0 fully saturated rings. The van der Waals surface area contributed by atoms with Crippen LogP contribution in [0.25, 0.3) is 0 Å². The minimum atomic E-state index is -0.344. The Morgan fingerprint density at radius 2 is 1.42 bits per heavy atom. The van der Waals surface area contributed by atoms with Gasteiger partial charge in [0.1, 0.15) is 5.75 Å². The fourth-order valence-electron chi connectivity index (χ4n) is 2.19. The molecular weight excluding hydrogens is 308 g/mol. The Labute approximate surface area is 138 Å². The van der Waals surface area contributed by atoms with E-state index in [4.69, 9.17) is 4.74 Å². The summed E-state index contributed by atoms with van der Waals surface area (Å²) in [5.41, 5.74) is 0.883. The largest absolute Gasteiger partial charge is 0.504 e. The molecule has 0 atom stereocenters. The van der Waals surface area contributed by atoms with Crippen molar-refractivity contribution in [2.24, 2.45) is 0 Å². The highest BCUT2D eigenvalue weighted by Crippen LogP contribution is 2.35. The van der Waals surface area contributed by atoms with Crippen LogP contribution in [0.1, 0.15) is 15.9 Å². The van der Waals surface area contributed by atoms with Gasteiger partial charge in [-0.05, 0) is 30.3 Å². The molecule has 24 heavy (non-hydrogen) atoms. The fourth-order valence-corrected chi connectivity index (χ4v) is 2.19. The van der Waals surface area contributed by atoms with Gasteiger partial charge in [-0.2, -0.15) is 0 Å². The van der Waals surface area contributed by atoms with Crippen molar-refractivity contribution in [2.75, 3.05) is 0 Å². The third-order valence-corrected chi connectivity index (χ3v) is 3.43. The molecule has 0 heterocycles. The number of hydrogen-bond acceptors (Lipinski definition) is 5. The Kier molecular flexibility index (Phi) is 4.07. The zero-order valence-electron chi connectivity index (χ0n) is 12.5. The van der Waals surface area contributed by atoms with Crippen molar-refractivity contribution < 1.29 is 24.9 Å². The van der Waals surface area contributed by atoms with E-state index in [9.17, 15) is 20.1 Å². The predicted octanol–water partition coefficient (Wildman–Crippen LogP) is 3.83. The van der Waals surface area contributed by atoms with Crippen LogP contribution < -0.4 is 4.74 Å². The van der Waals surface area contributed by atoms with E-state index in [1.165, 1.54) is 36.4 Å². The van der Waals surface area contributed by atoms with Gasteiger partial charge in [0, 0.05) is 17.2 Å². The maximum absolute atomic E-state index is 12.5. The molecule has 3 aromatic rings. The second kappa shape index (κ2) is 6.34. The van der Waals surface area contributed by atoms with Crippen LogP contribution >= 0.6 is 0 Å². The maximum Gasteiger partial charge on any atom is 0.193 e. The Morgan fingerprint density at radius 1 is 0.708 bits per heavy atom. The minimum absolute atomic E-state index is 0.0712. The van der Waals surface area contributed by atoms with Gasteiger partial charge in [0.2, 0.25) is 0 Å². The first kappa shape index (κ1) is 15.4. The molecule has 3 aromatic carbocycles. The lowest BCUT2D eigenvalue weighted by Crippen LogP contribution is -2.01. The normalized spacial score (nSPS) is 10.3. The summed E-state index contributed by atoms with van der Waals surface area (Å²) in [6, 6.07) is 17.0. The third-order valence-electron chi connectivity index (χ3n) is 3.43. The van der Waals surface area contributed by atoms with Gasteiger partial charge in [-0.1, -0.05) is 30.3 Å². The average Bonchev–Trinajstić information content (AvgIpc) is 2.60. The van der Waals surface area contributed by atoms with E-state index in [-0.39, 0.29) is 34.5 Å². The second-order valence-electron chi connectivity index (χ2n) is 5.13. The van der Waals surface area contributed by atoms with Gasteiger partial charge in [-0.15, -0.1) is 0 Å². The summed E-state index contributed by atoms with van der Waals surface area (Å²) in [6.45, 7) is 0. The van der Waals surface area contributed by atoms with Crippen LogP contribution in [0.4, 0.5) is 0 Å². The highest BCUT2D eigenvalue weighted by Gasteiger charge is 2.13. The summed E-state index contributed by atoms with van der Waals surface area (Å²) in [5.74, 6) is -0.684. The van der Waals surface area contributed by atoms with Gasteiger partial charge < -0.3 is 20.1 Å². The molecular formula is C19H14O5. The Hall–Kier alpha value is -3.47. The number of aromatic hydroxyl groups is 3. The van der Waals surface area contributed by atoms with Gasteiger partial charge >= 0.3 is 0 Å². The van der Waals surface area contributed by atoms with E-state index in [0.29, 0.717) is 11.1 Å². The van der Waals surface area contributed by atoms with Crippen LogP contribution in [0.15, 0.2) is 66.7 Å². The summed E-state index contributed by atoms with van der Waals surface area (Å²) in [7, 11) is 0. The molecule has 0 radical (unpaired) electrons. The first-order chi connectivity index (χ1) is 11.5. The first-order valence-corrected chi connectivity index (χ1v) is 7.17. The highest BCUT2D eigenvalue weighted by molar-refractivity contribution is 6.09. The molecule has 0 aromatic heterocycles. The van der Waals surface area contributed by atoms with Crippen molar-refractivity contribution in [3.63, 3.8) is 0 Å². The Balaban J connectivity index is 1.91. The van der Waals surface area contributed by atoms with Crippen LogP contribution in [0.5, 0.6) is 28.7 Å². The molecule has 5 nitrogen and oxygen atoms in total. The number of benzene rings is 3. The highest BCUT2D eigenvalue weighted by atomic mass is 16.5. The van der Waals surface area contributed by atoms with Crippen LogP contribution in [0.3, 0.4) is 0 Å². The number of rotatable bonds is 4. The van der Waals surface area contributed by atoms with E-state index in [2.05, 4.69) is 0 Å². The van der Waals surface area contributed by atoms with Crippen molar-refractivity contribution in [1.82, 2.24) is 0 Å². The van der Waals surface area contributed by atoms with Gasteiger partial charge in [-0.25, -0.2) is 0 Å². The zero-order valence-corrected chi connectivity index (χ0v) is 12.5. The Morgan fingerprint density at radius 3 is 2.12 bits per heavy atom. The number of phenolic OH excluding ortho intramolecular Hbond substituents is 3. The zero-order chi connectivity index (χ0) is 17.1. The van der Waals surface area contributed by atoms with E-state index < -0.39 is 0 Å². The summed E-state index contributed by atoms with van der Waals surface area (Å²) < 4.78 is 5.50. The molecule has 0 spiro atoms. The van der Waals surface area contributed by atoms with E-state index in [1.807, 2.05) is 6.07 Å². The lowest BCUT2D eigenvalue weighted by Gasteiger charge is -2.10. The number of carbonyl (C=O) groups is 1. The second-order valence-corrected chi connectivity index (χ2v) is 5.13. The smallest absolute Gasteiger partial charge is 0.193 e. The number of ketones is 1. The molecule has 0 aliphatic rings. The van der Waals surface area contributed by atoms with Crippen LogP contribution in [0.2, 0.25) is 0 Å². The van der Waals surface area contributed by atoms with Crippen LogP contribution in [-0.2, 0) is 0 Å². The van der Waals surface area contributed by atoms with Crippen molar-refractivity contribution in [3.05, 3.63) is 77.9 Å². The Bertz CT molecular complexity index is 888. The topological polar surface area (TPSA) is 87.0 Å². The van der Waals surface area contributed by atoms with Crippen molar-refractivity contribution in [3.8, 4) is 28.7 Å². The van der Waals surface area contributed by atoms with Crippen LogP contribution in [-0.4, -0.2) is 21.1 Å². The third kappa shape index (κ3) is 3.15. The standard InChI is InChI=1S/C19H14O5/c20-15-9-7-14(11-17(15)22)24-18-10-13(6-8-16(18)21)19(23)12-4-2-1-3-5-12/h1-11,20-22H. The summed E-state index contributed by atoms with van der Waals surface area (Å²) in [6.07, 6.45) is 0. The molecule has 0 amide bonds. The number of hydrogen-bond donors (Lipinski definition) is 3. The SMILES string of the molecule is O=C(c1ccccc1)c1ccc(O)c(Oc2ccc(O)c(O)c2)c1. The molecule has 0 saturated carbocycles. The van der Waals surface area contributed by atoms with Gasteiger partial charge in [-0.3, -0.25) is 4.79 Å².